The Labute approximate surface area is 74.2 Å². The molecule has 0 radical (unpaired) electrons. The zero-order chi connectivity index (χ0) is 9.85. The van der Waals surface area contributed by atoms with Gasteiger partial charge < -0.3 is 0 Å². The molecule has 0 rings (SSSR count). The summed E-state index contributed by atoms with van der Waals surface area (Å²) in [7, 11) is -2.60. The maximum absolute atomic E-state index is 9.71. The Bertz CT molecular complexity index is 148. The first-order chi connectivity index (χ1) is 5.35. The Hall–Kier alpha value is 0.700. The summed E-state index contributed by atoms with van der Waals surface area (Å²) in [5.41, 5.74) is 0. The molecule has 0 heterocycles. The monoisotopic (exact) mass is 216 g/mol. The molecule has 4 N–H and O–H groups in total. The van der Waals surface area contributed by atoms with Gasteiger partial charge in [-0.05, 0) is 0 Å². The van der Waals surface area contributed by atoms with Gasteiger partial charge in [-0.1, -0.05) is 0 Å². The second-order valence-electron chi connectivity index (χ2n) is 3.00. The average molecular weight is 216 g/mol. The van der Waals surface area contributed by atoms with E-state index in [0.29, 0.717) is 6.42 Å². The van der Waals surface area contributed by atoms with Crippen LogP contribution in [0, 0.1) is 0 Å². The first-order valence-electron chi connectivity index (χ1n) is 4.05. The predicted octanol–water partition coefficient (Wildman–Crippen LogP) is 1.39. The molecule has 4 nitrogen and oxygen atoms in total. The summed E-state index contributed by atoms with van der Waals surface area (Å²) >= 11 is 0. The van der Waals surface area contributed by atoms with Gasteiger partial charge in [-0.2, -0.15) is 0 Å². The zero-order valence-electron chi connectivity index (χ0n) is 7.51. The van der Waals surface area contributed by atoms with E-state index >= 15 is 0 Å². The fraction of sp³-hybridized carbons (Fsp3) is 1.00. The fourth-order valence-corrected chi connectivity index (χ4v) is 4.29. The van der Waals surface area contributed by atoms with E-state index in [4.69, 9.17) is 9.79 Å². The summed E-state index contributed by atoms with van der Waals surface area (Å²) < 4.78 is 0. The molecule has 0 aromatic carbocycles. The van der Waals surface area contributed by atoms with E-state index in [0.717, 1.165) is 6.42 Å². The molecule has 0 amide bonds. The number of unbranched alkanes of at least 4 members (excludes halogenated alkanes) is 1. The van der Waals surface area contributed by atoms with Gasteiger partial charge in [0.05, 0.1) is 0 Å². The topological polar surface area (TPSA) is 80.9 Å². The van der Waals surface area contributed by atoms with Gasteiger partial charge in [0.15, 0.2) is 0 Å². The van der Waals surface area contributed by atoms with Crippen LogP contribution < -0.4 is 0 Å². The van der Waals surface area contributed by atoms with E-state index in [1.54, 1.807) is 6.92 Å². The van der Waals surface area contributed by atoms with Gasteiger partial charge in [-0.3, -0.25) is 0 Å². The summed E-state index contributed by atoms with van der Waals surface area (Å²) in [6, 6.07) is 0. The summed E-state index contributed by atoms with van der Waals surface area (Å²) in [6.45, 7) is -0.613. The summed E-state index contributed by atoms with van der Waals surface area (Å²) in [6.07, 6.45) is 1.64. The molecule has 0 aromatic heterocycles. The average Bonchev–Trinajstić information content (AvgIpc) is 2.02. The van der Waals surface area contributed by atoms with Gasteiger partial charge in [-0.25, -0.2) is 0 Å². The molecule has 0 aliphatic heterocycles. The van der Waals surface area contributed by atoms with Gasteiger partial charge in [0.1, 0.15) is 0 Å². The second-order valence-corrected chi connectivity index (χ2v) is 11.1. The number of hydrogen-bond donors (Lipinski definition) is 4. The summed E-state index contributed by atoms with van der Waals surface area (Å²) in [5.74, 6) is 0. The molecule has 0 saturated carbocycles. The van der Waals surface area contributed by atoms with Crippen molar-refractivity contribution in [2.45, 2.75) is 26.7 Å². The van der Waals surface area contributed by atoms with Crippen molar-refractivity contribution < 1.29 is 19.6 Å². The van der Waals surface area contributed by atoms with Crippen molar-refractivity contribution in [2.75, 3.05) is 12.3 Å². The van der Waals surface area contributed by atoms with Crippen LogP contribution in [0.2, 0.25) is 0 Å². The molecule has 0 aliphatic carbocycles. The summed E-state index contributed by atoms with van der Waals surface area (Å²) in [4.78, 5) is 37.3. The first-order valence-corrected chi connectivity index (χ1v) is 8.51. The third-order valence-electron chi connectivity index (χ3n) is 2.03. The second kappa shape index (κ2) is 4.28. The molecule has 0 atom stereocenters. The van der Waals surface area contributed by atoms with Crippen molar-refractivity contribution in [3.63, 3.8) is 0 Å². The third kappa shape index (κ3) is 2.88. The molecule has 0 unspecified atom stereocenters. The molecule has 76 valence electrons. The SMILES string of the molecule is CCCCP(O)(O)(CC)P(O)O. The molecule has 0 spiro atoms. The third-order valence-corrected chi connectivity index (χ3v) is 9.31. The molecule has 6 heteroatoms. The zero-order valence-corrected chi connectivity index (χ0v) is 9.30. The molecular formula is C6H18O4P2. The van der Waals surface area contributed by atoms with Gasteiger partial charge in [0.25, 0.3) is 0 Å². The van der Waals surface area contributed by atoms with Crippen molar-refractivity contribution >= 4 is 14.8 Å². The van der Waals surface area contributed by atoms with Crippen LogP contribution in [0.5, 0.6) is 0 Å². The quantitative estimate of drug-likeness (QED) is 0.523. The van der Waals surface area contributed by atoms with Crippen LogP contribution >= 0.6 is 14.8 Å². The van der Waals surface area contributed by atoms with E-state index in [1.807, 2.05) is 6.92 Å². The molecule has 0 saturated heterocycles. The van der Waals surface area contributed by atoms with Crippen molar-refractivity contribution in [3.05, 3.63) is 0 Å². The predicted molar refractivity (Wildman–Crippen MR) is 53.0 cm³/mol. The minimum absolute atomic E-state index is 0.0598. The minimum atomic E-state index is -4.11. The molecule has 0 aromatic rings. The van der Waals surface area contributed by atoms with Crippen LogP contribution in [-0.2, 0) is 0 Å². The van der Waals surface area contributed by atoms with Crippen LogP contribution in [0.25, 0.3) is 0 Å². The molecular weight excluding hydrogens is 198 g/mol. The van der Waals surface area contributed by atoms with Crippen LogP contribution in [-0.4, -0.2) is 31.9 Å². The van der Waals surface area contributed by atoms with E-state index in [9.17, 15) is 9.79 Å². The van der Waals surface area contributed by atoms with Gasteiger partial charge in [0, 0.05) is 0 Å². The standard InChI is InChI=1S/C6H18O4P2/c1-3-5-6-12(9,10,4-2)11(7)8/h7-10H,3-6H2,1-2H3. The van der Waals surface area contributed by atoms with Gasteiger partial charge in [0.2, 0.25) is 0 Å². The Morgan fingerprint density at radius 2 is 1.67 bits per heavy atom. The Balaban J connectivity index is 4.40. The van der Waals surface area contributed by atoms with Crippen LogP contribution in [0.15, 0.2) is 0 Å². The Morgan fingerprint density at radius 3 is 1.92 bits per heavy atom. The molecule has 0 bridgehead atoms. The Kier molecular flexibility index (Phi) is 4.53. The normalized spacial score (nSPS) is 16.1. The van der Waals surface area contributed by atoms with E-state index in [2.05, 4.69) is 0 Å². The fourth-order valence-electron chi connectivity index (χ4n) is 0.856. The van der Waals surface area contributed by atoms with Crippen molar-refractivity contribution in [1.82, 2.24) is 0 Å². The van der Waals surface area contributed by atoms with Crippen LogP contribution in [0.4, 0.5) is 0 Å². The van der Waals surface area contributed by atoms with Crippen molar-refractivity contribution in [2.24, 2.45) is 0 Å². The van der Waals surface area contributed by atoms with E-state index < -0.39 is 14.8 Å². The van der Waals surface area contributed by atoms with Crippen molar-refractivity contribution in [3.8, 4) is 0 Å². The van der Waals surface area contributed by atoms with Gasteiger partial charge >= 0.3 is 73.4 Å². The van der Waals surface area contributed by atoms with E-state index in [-0.39, 0.29) is 12.3 Å². The maximum atomic E-state index is 9.71. The van der Waals surface area contributed by atoms with Gasteiger partial charge in [-0.15, -0.1) is 0 Å². The van der Waals surface area contributed by atoms with Crippen molar-refractivity contribution in [1.29, 1.82) is 0 Å². The van der Waals surface area contributed by atoms with Crippen LogP contribution in [0.3, 0.4) is 0 Å². The molecule has 12 heavy (non-hydrogen) atoms. The first kappa shape index (κ1) is 12.7. The number of rotatable bonds is 5. The molecule has 0 fully saturated rings. The molecule has 0 aliphatic rings. The van der Waals surface area contributed by atoms with E-state index in [1.165, 1.54) is 0 Å². The number of hydrogen-bond acceptors (Lipinski definition) is 4. The summed E-state index contributed by atoms with van der Waals surface area (Å²) in [5, 5.41) is 0. The van der Waals surface area contributed by atoms with Crippen LogP contribution in [0.1, 0.15) is 26.7 Å². The Morgan fingerprint density at radius 1 is 1.17 bits per heavy atom.